The van der Waals surface area contributed by atoms with Crippen LogP contribution in [0.5, 0.6) is 0 Å². The molecule has 2 unspecified atom stereocenters. The molecule has 25 nitrogen and oxygen atoms in total. The maximum Gasteiger partial charge on any atom is 0.317 e. The van der Waals surface area contributed by atoms with Gasteiger partial charge in [0, 0.05) is 0 Å². The quantitative estimate of drug-likeness (QED) is 0.0515. The summed E-state index contributed by atoms with van der Waals surface area (Å²) in [5.41, 5.74) is -4.48. The maximum absolute atomic E-state index is 15.5. The zero-order valence-electron chi connectivity index (χ0n) is 44.9. The van der Waals surface area contributed by atoms with Gasteiger partial charge in [-0.25, -0.2) is 0 Å². The Kier molecular flexibility index (Phi) is 16.9. The van der Waals surface area contributed by atoms with Crippen LogP contribution in [0.15, 0.2) is 11.6 Å². The standard InChI is InChI=1S/C53H84O25/c1-48(2)13-14-53(47(70)78-45-40(67)41(77-44-39(66)36(63)33(60)25(18-55)74-44)34(61)26(75-45)20-72-42-38(65)35(62)32(59)24(17-54)73-42)22(15-48)21-7-8-27-49(3)11-10-30(76-43-37(64)31(58)23(56)19-71-43)52(6,46(68)69)28(49)9-12-50(27,4)51(21,5)16-29(53)57/h7,22-45,54-67H,8-20H2,1-6H3,(H,68,69)/t22-,23+,24+,25+,26+,27?,28?,29+,30-,31-,32+,33+,34+,35-,36-,37+,38+,39+,40+,41-,42+,43-,44-,45-,49+,50+,51+,52-,53+/m1/s1. The Hall–Kier alpha value is -2.16. The smallest absolute Gasteiger partial charge is 0.317 e. The monoisotopic (exact) mass is 1120 g/mol. The zero-order valence-corrected chi connectivity index (χ0v) is 44.9. The van der Waals surface area contributed by atoms with Crippen molar-refractivity contribution < 1.29 is 124 Å². The normalized spacial score (nSPS) is 54.1. The lowest BCUT2D eigenvalue weighted by Gasteiger charge is -2.71. The minimum atomic E-state index is -2.11. The van der Waals surface area contributed by atoms with E-state index in [1.165, 1.54) is 0 Å². The number of rotatable bonds is 12. The second kappa shape index (κ2) is 21.8. The average molecular weight is 1120 g/mol. The van der Waals surface area contributed by atoms with Gasteiger partial charge in [-0.2, -0.15) is 0 Å². The molecular formula is C53H84O25. The fourth-order valence-electron chi connectivity index (χ4n) is 16.2. The van der Waals surface area contributed by atoms with Crippen molar-refractivity contribution in [1.29, 1.82) is 0 Å². The molecular weight excluding hydrogens is 1040 g/mol. The Morgan fingerprint density at radius 3 is 1.85 bits per heavy atom. The highest BCUT2D eigenvalue weighted by Crippen LogP contribution is 2.76. The van der Waals surface area contributed by atoms with Crippen molar-refractivity contribution in [2.24, 2.45) is 50.2 Å². The van der Waals surface area contributed by atoms with Crippen molar-refractivity contribution in [2.45, 2.75) is 228 Å². The number of ether oxygens (including phenoxy) is 8. The lowest BCUT2D eigenvalue weighted by atomic mass is 9.33. The van der Waals surface area contributed by atoms with Gasteiger partial charge < -0.3 is 114 Å². The van der Waals surface area contributed by atoms with E-state index in [-0.39, 0.29) is 37.2 Å². The number of aliphatic hydroxyl groups is 14. The van der Waals surface area contributed by atoms with Crippen LogP contribution in [0.2, 0.25) is 0 Å². The number of hydrogen-bond acceptors (Lipinski definition) is 24. The number of allylic oxidation sites excluding steroid dienone is 2. The molecule has 0 aromatic rings. The molecule has 15 N–H and O–H groups in total. The van der Waals surface area contributed by atoms with Crippen LogP contribution in [0.4, 0.5) is 0 Å². The number of hydrogen-bond donors (Lipinski definition) is 15. The van der Waals surface area contributed by atoms with Gasteiger partial charge in [0.25, 0.3) is 0 Å². The third kappa shape index (κ3) is 9.52. The lowest BCUT2D eigenvalue weighted by Crippen LogP contribution is -2.69. The molecule has 29 atom stereocenters. The average Bonchev–Trinajstić information content (AvgIpc) is 2.82. The molecule has 0 amide bonds. The summed E-state index contributed by atoms with van der Waals surface area (Å²) in [6.45, 7) is 9.53. The largest absolute Gasteiger partial charge is 0.481 e. The van der Waals surface area contributed by atoms with Crippen molar-refractivity contribution in [1.82, 2.24) is 0 Å². The summed E-state index contributed by atoms with van der Waals surface area (Å²) >= 11 is 0. The lowest BCUT2D eigenvalue weighted by molar-refractivity contribution is -0.363. The molecule has 9 aliphatic rings. The minimum Gasteiger partial charge on any atom is -0.481 e. The molecule has 0 aromatic carbocycles. The van der Waals surface area contributed by atoms with E-state index in [2.05, 4.69) is 40.7 Å². The topological polar surface area (TPSA) is 411 Å². The van der Waals surface area contributed by atoms with E-state index in [0.717, 1.165) is 5.57 Å². The minimum absolute atomic E-state index is 0.0802. The molecule has 4 saturated heterocycles. The van der Waals surface area contributed by atoms with Crippen LogP contribution in [0.1, 0.15) is 99.3 Å². The number of carbonyl (C=O) groups is 2. The molecule has 0 bridgehead atoms. The summed E-state index contributed by atoms with van der Waals surface area (Å²) in [6, 6.07) is 0. The highest BCUT2D eigenvalue weighted by atomic mass is 16.8. The number of esters is 1. The van der Waals surface area contributed by atoms with E-state index in [9.17, 15) is 81.4 Å². The van der Waals surface area contributed by atoms with Crippen molar-refractivity contribution in [3.8, 4) is 0 Å². The van der Waals surface area contributed by atoms with Crippen molar-refractivity contribution in [3.63, 3.8) is 0 Å². The van der Waals surface area contributed by atoms with Gasteiger partial charge in [-0.15, -0.1) is 0 Å². The fraction of sp³-hybridized carbons (Fsp3) is 0.925. The van der Waals surface area contributed by atoms with Gasteiger partial charge in [-0.05, 0) is 104 Å². The second-order valence-corrected chi connectivity index (χ2v) is 25.7. The first kappa shape index (κ1) is 60.4. The van der Waals surface area contributed by atoms with Gasteiger partial charge >= 0.3 is 11.9 Å². The van der Waals surface area contributed by atoms with Crippen LogP contribution in [-0.4, -0.2) is 244 Å². The molecule has 9 rings (SSSR count). The molecule has 8 fully saturated rings. The van der Waals surface area contributed by atoms with E-state index < -0.39 is 200 Å². The Morgan fingerprint density at radius 1 is 0.615 bits per heavy atom. The summed E-state index contributed by atoms with van der Waals surface area (Å²) in [6.07, 6.45) is -30.1. The molecule has 0 radical (unpaired) electrons. The maximum atomic E-state index is 15.5. The molecule has 4 saturated carbocycles. The summed E-state index contributed by atoms with van der Waals surface area (Å²) in [5.74, 6) is -3.25. The highest BCUT2D eigenvalue weighted by Gasteiger charge is 2.73. The van der Waals surface area contributed by atoms with Crippen LogP contribution in [0, 0.1) is 50.2 Å². The molecule has 5 aliphatic carbocycles. The third-order valence-corrected chi connectivity index (χ3v) is 21.2. The number of fused-ring (bicyclic) bond motifs is 7. The van der Waals surface area contributed by atoms with E-state index >= 15 is 4.79 Å². The number of carboxylic acids is 1. The van der Waals surface area contributed by atoms with Crippen LogP contribution in [-0.2, 0) is 47.5 Å². The van der Waals surface area contributed by atoms with E-state index in [0.29, 0.717) is 38.5 Å². The van der Waals surface area contributed by atoms with Crippen molar-refractivity contribution >= 4 is 11.9 Å². The van der Waals surface area contributed by atoms with E-state index in [4.69, 9.17) is 37.9 Å². The van der Waals surface area contributed by atoms with E-state index in [1.807, 2.05) is 0 Å². The molecule has 78 heavy (non-hydrogen) atoms. The van der Waals surface area contributed by atoms with Gasteiger partial charge in [-0.3, -0.25) is 9.59 Å². The van der Waals surface area contributed by atoms with Crippen LogP contribution < -0.4 is 0 Å². The van der Waals surface area contributed by atoms with Gasteiger partial charge in [-0.1, -0.05) is 46.3 Å². The van der Waals surface area contributed by atoms with Gasteiger partial charge in [0.2, 0.25) is 6.29 Å². The molecule has 25 heteroatoms. The first-order chi connectivity index (χ1) is 36.5. The summed E-state index contributed by atoms with van der Waals surface area (Å²) in [5, 5.41) is 162. The first-order valence-corrected chi connectivity index (χ1v) is 27.5. The Labute approximate surface area is 451 Å². The van der Waals surface area contributed by atoms with Crippen molar-refractivity contribution in [3.05, 3.63) is 11.6 Å². The number of carbonyl (C=O) groups excluding carboxylic acids is 1. The van der Waals surface area contributed by atoms with Crippen LogP contribution in [0.3, 0.4) is 0 Å². The first-order valence-electron chi connectivity index (χ1n) is 27.5. The van der Waals surface area contributed by atoms with E-state index in [1.54, 1.807) is 6.92 Å². The third-order valence-electron chi connectivity index (χ3n) is 21.2. The Morgan fingerprint density at radius 2 is 1.22 bits per heavy atom. The number of aliphatic hydroxyl groups excluding tert-OH is 14. The van der Waals surface area contributed by atoms with Gasteiger partial charge in [0.1, 0.15) is 97.0 Å². The van der Waals surface area contributed by atoms with Crippen LogP contribution >= 0.6 is 0 Å². The summed E-state index contributed by atoms with van der Waals surface area (Å²) < 4.78 is 46.8. The molecule has 4 aliphatic heterocycles. The van der Waals surface area contributed by atoms with Gasteiger partial charge in [0.05, 0.1) is 44.1 Å². The number of carboxylic acid groups (broad SMARTS) is 1. The predicted molar refractivity (Wildman–Crippen MR) is 260 cm³/mol. The molecule has 4 heterocycles. The summed E-state index contributed by atoms with van der Waals surface area (Å²) in [7, 11) is 0. The molecule has 446 valence electrons. The van der Waals surface area contributed by atoms with Gasteiger partial charge in [0.15, 0.2) is 18.9 Å². The second-order valence-electron chi connectivity index (χ2n) is 25.7. The number of aliphatic carboxylic acids is 1. The SMILES string of the molecule is CC1(C)CC[C@]2(C(=O)O[C@H]3O[C@@H](CO[C@H]4O[C@@H](CO)[C@H](O)[C@@H](O)[C@@H]4O)[C@H](O)[C@@H](O[C@H]4O[C@@H](CO)[C@H](O)[C@@H](O)[C@@H]4O)[C@@H]3O)[C@H](C1)C1=CCC3[C@]4(C)CC[C@@H](O[C@H]5OC[C@H](O)[C@@H](O)[C@@H]5O)[C@](C)(C(=O)O)C4CC[C@]3(C)[C@@]1(C)C[C@@H]2O. The highest BCUT2D eigenvalue weighted by molar-refractivity contribution is 5.80. The Bertz CT molecular complexity index is 2200. The predicted octanol–water partition coefficient (Wildman–Crippen LogP) is -3.36. The molecule has 0 aromatic heterocycles. The fourth-order valence-corrected chi connectivity index (χ4v) is 16.2. The Balaban J connectivity index is 1.01. The van der Waals surface area contributed by atoms with Crippen LogP contribution in [0.25, 0.3) is 0 Å². The molecule has 0 spiro atoms. The summed E-state index contributed by atoms with van der Waals surface area (Å²) in [4.78, 5) is 29.1. The zero-order chi connectivity index (χ0) is 57.1. The van der Waals surface area contributed by atoms with Crippen molar-refractivity contribution in [2.75, 3.05) is 26.4 Å².